The summed E-state index contributed by atoms with van der Waals surface area (Å²) in [5.74, 6) is 1.08. The first kappa shape index (κ1) is 16.4. The smallest absolute Gasteiger partial charge is 0.259 e. The van der Waals surface area contributed by atoms with Crippen molar-refractivity contribution in [3.8, 4) is 0 Å². The molecule has 0 fully saturated rings. The lowest BCUT2D eigenvalue weighted by Gasteiger charge is -1.99. The van der Waals surface area contributed by atoms with Gasteiger partial charge in [0.05, 0.1) is 26.2 Å². The van der Waals surface area contributed by atoms with Gasteiger partial charge in [0.25, 0.3) is 5.56 Å². The lowest BCUT2D eigenvalue weighted by Crippen LogP contribution is -2.11. The summed E-state index contributed by atoms with van der Waals surface area (Å²) in [6.07, 6.45) is 0. The molecule has 0 aliphatic carbocycles. The van der Waals surface area contributed by atoms with Gasteiger partial charge in [0, 0.05) is 0 Å². The molecule has 1 aromatic carbocycles. The van der Waals surface area contributed by atoms with Crippen molar-refractivity contribution in [1.82, 2.24) is 15.0 Å². The number of hydrogen-bond acceptors (Lipinski definition) is 7. The predicted molar refractivity (Wildman–Crippen MR) is 104 cm³/mol. The van der Waals surface area contributed by atoms with Crippen LogP contribution >= 0.6 is 34.4 Å². The van der Waals surface area contributed by atoms with E-state index < -0.39 is 0 Å². The van der Waals surface area contributed by atoms with Gasteiger partial charge in [-0.05, 0) is 31.5 Å². The second-order valence-corrected chi connectivity index (χ2v) is 8.79. The molecule has 3 aromatic heterocycles. The summed E-state index contributed by atoms with van der Waals surface area (Å²) in [6.45, 7) is 3.30. The molecule has 0 saturated heterocycles. The largest absolute Gasteiger partial charge is 0.309 e. The zero-order chi connectivity index (χ0) is 17.6. The highest BCUT2D eigenvalue weighted by Crippen LogP contribution is 2.32. The Morgan fingerprint density at radius 1 is 1.24 bits per heavy atom. The summed E-state index contributed by atoms with van der Waals surface area (Å²) < 4.78 is 2.08. The van der Waals surface area contributed by atoms with Crippen molar-refractivity contribution in [1.29, 1.82) is 0 Å². The molecule has 4 rings (SSSR count). The summed E-state index contributed by atoms with van der Waals surface area (Å²) in [5.41, 5.74) is 1.50. The predicted octanol–water partition coefficient (Wildman–Crippen LogP) is 4.40. The zero-order valence-corrected chi connectivity index (χ0v) is 15.9. The van der Waals surface area contributed by atoms with E-state index in [1.54, 1.807) is 30.0 Å². The maximum absolute atomic E-state index is 12.4. The number of rotatable bonds is 4. The molecular formula is C17H13N3O2S3. The molecule has 5 nitrogen and oxygen atoms in total. The molecular weight excluding hydrogens is 374 g/mol. The van der Waals surface area contributed by atoms with Crippen molar-refractivity contribution in [2.45, 2.75) is 23.9 Å². The van der Waals surface area contributed by atoms with Crippen LogP contribution in [0.1, 0.15) is 28.0 Å². The average Bonchev–Trinajstić information content (AvgIpc) is 3.14. The van der Waals surface area contributed by atoms with Crippen LogP contribution < -0.4 is 5.56 Å². The molecule has 0 aliphatic heterocycles. The van der Waals surface area contributed by atoms with E-state index in [0.717, 1.165) is 14.6 Å². The van der Waals surface area contributed by atoms with Crippen molar-refractivity contribution in [3.63, 3.8) is 0 Å². The highest BCUT2D eigenvalue weighted by Gasteiger charge is 2.17. The monoisotopic (exact) mass is 387 g/mol. The number of nitrogens with one attached hydrogen (secondary N) is 1. The van der Waals surface area contributed by atoms with Gasteiger partial charge in [-0.3, -0.25) is 9.59 Å². The number of thiazole rings is 1. The molecule has 0 spiro atoms. The van der Waals surface area contributed by atoms with Crippen molar-refractivity contribution in [2.75, 3.05) is 0 Å². The topological polar surface area (TPSA) is 75.7 Å². The van der Waals surface area contributed by atoms with Gasteiger partial charge in [0.2, 0.25) is 0 Å². The van der Waals surface area contributed by atoms with Crippen LogP contribution in [-0.2, 0) is 5.75 Å². The third-order valence-corrected chi connectivity index (χ3v) is 7.25. The molecule has 8 heteroatoms. The highest BCUT2D eigenvalue weighted by atomic mass is 32.2. The number of nitrogens with zero attached hydrogens (tertiary/aromatic N) is 2. The standard InChI is InChI=1S/C17H13N3O2S3/c1-8-13-15(22)19-12(20-16(13)25-14(8)9(2)21)7-23-17-18-10-5-3-4-6-11(10)24-17/h3-6H,7H2,1-2H3,(H,19,20,22). The minimum Gasteiger partial charge on any atom is -0.309 e. The molecule has 0 unspecified atom stereocenters. The second-order valence-electron chi connectivity index (χ2n) is 5.54. The molecule has 0 atom stereocenters. The minimum absolute atomic E-state index is 0.0368. The first-order chi connectivity index (χ1) is 12.0. The van der Waals surface area contributed by atoms with E-state index in [1.165, 1.54) is 18.3 Å². The second kappa shape index (κ2) is 6.36. The number of hydrogen-bond donors (Lipinski definition) is 1. The molecule has 0 aliphatic rings. The average molecular weight is 388 g/mol. The lowest BCUT2D eigenvalue weighted by molar-refractivity contribution is 0.102. The van der Waals surface area contributed by atoms with E-state index in [-0.39, 0.29) is 11.3 Å². The minimum atomic E-state index is -0.189. The van der Waals surface area contributed by atoms with Crippen LogP contribution in [0.4, 0.5) is 0 Å². The Hall–Kier alpha value is -2.03. The quantitative estimate of drug-likeness (QED) is 0.415. The Morgan fingerprint density at radius 2 is 2.04 bits per heavy atom. The first-order valence-corrected chi connectivity index (χ1v) is 10.2. The fraction of sp³-hybridized carbons (Fsp3) is 0.176. The highest BCUT2D eigenvalue weighted by molar-refractivity contribution is 8.00. The van der Waals surface area contributed by atoms with Crippen LogP contribution in [0.2, 0.25) is 0 Å². The Morgan fingerprint density at radius 3 is 2.80 bits per heavy atom. The number of thioether (sulfide) groups is 1. The van der Waals surface area contributed by atoms with E-state index in [1.807, 2.05) is 24.3 Å². The zero-order valence-electron chi connectivity index (χ0n) is 13.5. The van der Waals surface area contributed by atoms with Crippen LogP contribution in [0.3, 0.4) is 0 Å². The number of carbonyl (C=O) groups is 1. The van der Waals surface area contributed by atoms with Gasteiger partial charge >= 0.3 is 0 Å². The van der Waals surface area contributed by atoms with Gasteiger partial charge in [-0.25, -0.2) is 9.97 Å². The molecule has 1 N–H and O–H groups in total. The Balaban J connectivity index is 1.65. The van der Waals surface area contributed by atoms with Gasteiger partial charge in [-0.2, -0.15) is 0 Å². The van der Waals surface area contributed by atoms with Gasteiger partial charge in [-0.1, -0.05) is 23.9 Å². The summed E-state index contributed by atoms with van der Waals surface area (Å²) in [5, 5.41) is 0.518. The maximum atomic E-state index is 12.4. The Labute approximate surface area is 155 Å². The summed E-state index contributed by atoms with van der Waals surface area (Å²) in [6, 6.07) is 7.99. The number of aryl methyl sites for hydroxylation is 1. The van der Waals surface area contributed by atoms with E-state index in [4.69, 9.17) is 0 Å². The van der Waals surface area contributed by atoms with E-state index in [9.17, 15) is 9.59 Å². The number of Topliss-reactive ketones (excluding diaryl/α,β-unsaturated/α-hetero) is 1. The molecule has 0 radical (unpaired) electrons. The van der Waals surface area contributed by atoms with Gasteiger partial charge in [0.15, 0.2) is 10.1 Å². The molecule has 0 amide bonds. The van der Waals surface area contributed by atoms with Crippen LogP contribution in [0.15, 0.2) is 33.4 Å². The van der Waals surface area contributed by atoms with Gasteiger partial charge < -0.3 is 4.98 Å². The van der Waals surface area contributed by atoms with Gasteiger partial charge in [-0.15, -0.1) is 22.7 Å². The van der Waals surface area contributed by atoms with Crippen LogP contribution in [-0.4, -0.2) is 20.7 Å². The lowest BCUT2D eigenvalue weighted by atomic mass is 10.2. The summed E-state index contributed by atoms with van der Waals surface area (Å²) >= 11 is 4.45. The number of H-pyrrole nitrogens is 1. The third kappa shape index (κ3) is 3.01. The van der Waals surface area contributed by atoms with Crippen molar-refractivity contribution in [3.05, 3.63) is 50.9 Å². The molecule has 126 valence electrons. The van der Waals surface area contributed by atoms with Crippen molar-refractivity contribution >= 4 is 60.7 Å². The number of thiophene rings is 1. The number of ketones is 1. The summed E-state index contributed by atoms with van der Waals surface area (Å²) in [4.78, 5) is 37.2. The van der Waals surface area contributed by atoms with Crippen molar-refractivity contribution < 1.29 is 4.79 Å². The first-order valence-electron chi connectivity index (χ1n) is 7.54. The van der Waals surface area contributed by atoms with E-state index >= 15 is 0 Å². The van der Waals surface area contributed by atoms with Gasteiger partial charge in [0.1, 0.15) is 10.7 Å². The van der Waals surface area contributed by atoms with E-state index in [2.05, 4.69) is 15.0 Å². The molecule has 4 aromatic rings. The molecule has 0 saturated carbocycles. The Bertz CT molecular complexity index is 1140. The number of fused-ring (bicyclic) bond motifs is 2. The number of carbonyl (C=O) groups excluding carboxylic acids is 1. The van der Waals surface area contributed by atoms with Crippen LogP contribution in [0, 0.1) is 6.92 Å². The molecule has 25 heavy (non-hydrogen) atoms. The van der Waals surface area contributed by atoms with Crippen molar-refractivity contribution in [2.24, 2.45) is 0 Å². The fourth-order valence-electron chi connectivity index (χ4n) is 2.64. The molecule has 0 bridgehead atoms. The fourth-order valence-corrected chi connectivity index (χ4v) is 5.67. The SMILES string of the molecule is CC(=O)c1sc2nc(CSc3nc4ccccc4s3)[nH]c(=O)c2c1C. The summed E-state index contributed by atoms with van der Waals surface area (Å²) in [7, 11) is 0. The number of aromatic amines is 1. The number of para-hydroxylation sites is 1. The van der Waals surface area contributed by atoms with Crippen LogP contribution in [0.25, 0.3) is 20.4 Å². The molecule has 3 heterocycles. The third-order valence-electron chi connectivity index (χ3n) is 3.78. The van der Waals surface area contributed by atoms with Crippen LogP contribution in [0.5, 0.6) is 0 Å². The Kier molecular flexibility index (Phi) is 4.18. The number of aromatic nitrogens is 3. The number of benzene rings is 1. The van der Waals surface area contributed by atoms with E-state index in [0.29, 0.717) is 32.2 Å². The maximum Gasteiger partial charge on any atom is 0.259 e. The normalized spacial score (nSPS) is 11.4.